The summed E-state index contributed by atoms with van der Waals surface area (Å²) < 4.78 is 0. The van der Waals surface area contributed by atoms with Gasteiger partial charge in [0.2, 0.25) is 5.91 Å². The Morgan fingerprint density at radius 1 is 1.17 bits per heavy atom. The number of carbonyl (C=O) groups excluding carboxylic acids is 1. The molecule has 118 valence electrons. The molecule has 3 rings (SSSR count). The lowest BCUT2D eigenvalue weighted by Crippen LogP contribution is -2.28. The molecule has 1 aromatic carbocycles. The molecule has 0 unspecified atom stereocenters. The van der Waals surface area contributed by atoms with Crippen molar-refractivity contribution in [2.75, 3.05) is 16.8 Å². The third kappa shape index (κ3) is 4.04. The van der Waals surface area contributed by atoms with Crippen molar-refractivity contribution in [1.29, 1.82) is 0 Å². The van der Waals surface area contributed by atoms with Crippen molar-refractivity contribution in [1.82, 2.24) is 10.3 Å². The molecule has 2 heterocycles. The SMILES string of the molecule is O=C1CCCN1c1ccc(NC(=S)NCc2ccncc2)cc1. The molecule has 1 aromatic heterocycles. The van der Waals surface area contributed by atoms with Crippen molar-refractivity contribution >= 4 is 34.6 Å². The van der Waals surface area contributed by atoms with Gasteiger partial charge in [0.25, 0.3) is 0 Å². The first kappa shape index (κ1) is 15.4. The fourth-order valence-corrected chi connectivity index (χ4v) is 2.69. The summed E-state index contributed by atoms with van der Waals surface area (Å²) in [6, 6.07) is 11.6. The van der Waals surface area contributed by atoms with E-state index in [1.165, 1.54) is 0 Å². The summed E-state index contributed by atoms with van der Waals surface area (Å²) in [7, 11) is 0. The van der Waals surface area contributed by atoms with E-state index in [0.29, 0.717) is 18.1 Å². The minimum Gasteiger partial charge on any atom is -0.358 e. The third-order valence-corrected chi connectivity index (χ3v) is 3.96. The second-order valence-electron chi connectivity index (χ2n) is 5.36. The van der Waals surface area contributed by atoms with Crippen LogP contribution in [0, 0.1) is 0 Å². The summed E-state index contributed by atoms with van der Waals surface area (Å²) in [6.07, 6.45) is 5.09. The van der Waals surface area contributed by atoms with Gasteiger partial charge < -0.3 is 15.5 Å². The van der Waals surface area contributed by atoms with Gasteiger partial charge in [-0.3, -0.25) is 9.78 Å². The lowest BCUT2D eigenvalue weighted by atomic mass is 10.2. The van der Waals surface area contributed by atoms with Crippen molar-refractivity contribution in [3.8, 4) is 0 Å². The smallest absolute Gasteiger partial charge is 0.227 e. The molecule has 1 aliphatic rings. The summed E-state index contributed by atoms with van der Waals surface area (Å²) >= 11 is 5.29. The van der Waals surface area contributed by atoms with Crippen molar-refractivity contribution in [2.24, 2.45) is 0 Å². The Bertz CT molecular complexity index is 687. The van der Waals surface area contributed by atoms with E-state index < -0.39 is 0 Å². The fraction of sp³-hybridized carbons (Fsp3) is 0.235. The maximum absolute atomic E-state index is 11.7. The first-order valence-electron chi connectivity index (χ1n) is 7.56. The van der Waals surface area contributed by atoms with Crippen LogP contribution in [0.1, 0.15) is 18.4 Å². The fourth-order valence-electron chi connectivity index (χ4n) is 2.50. The van der Waals surface area contributed by atoms with Crippen molar-refractivity contribution in [2.45, 2.75) is 19.4 Å². The minimum atomic E-state index is 0.195. The number of hydrogen-bond acceptors (Lipinski definition) is 3. The van der Waals surface area contributed by atoms with E-state index in [9.17, 15) is 4.79 Å². The highest BCUT2D eigenvalue weighted by Gasteiger charge is 2.21. The molecule has 2 N–H and O–H groups in total. The molecule has 6 heteroatoms. The average molecular weight is 326 g/mol. The zero-order valence-electron chi connectivity index (χ0n) is 12.7. The number of nitrogens with zero attached hydrogens (tertiary/aromatic N) is 2. The first-order chi connectivity index (χ1) is 11.2. The second kappa shape index (κ2) is 7.19. The largest absolute Gasteiger partial charge is 0.358 e. The van der Waals surface area contributed by atoms with Gasteiger partial charge in [-0.05, 0) is 60.6 Å². The highest BCUT2D eigenvalue weighted by atomic mass is 32.1. The summed E-state index contributed by atoms with van der Waals surface area (Å²) in [5.41, 5.74) is 2.95. The van der Waals surface area contributed by atoms with E-state index >= 15 is 0 Å². The molecule has 1 saturated heterocycles. The molecule has 1 fully saturated rings. The van der Waals surface area contributed by atoms with E-state index in [-0.39, 0.29) is 5.91 Å². The van der Waals surface area contributed by atoms with Crippen molar-refractivity contribution in [3.63, 3.8) is 0 Å². The number of nitrogens with one attached hydrogen (secondary N) is 2. The summed E-state index contributed by atoms with van der Waals surface area (Å²) in [6.45, 7) is 1.45. The van der Waals surface area contributed by atoms with E-state index in [4.69, 9.17) is 12.2 Å². The van der Waals surface area contributed by atoms with Gasteiger partial charge >= 0.3 is 0 Å². The molecule has 2 aromatic rings. The van der Waals surface area contributed by atoms with Gasteiger partial charge in [-0.1, -0.05) is 0 Å². The van der Waals surface area contributed by atoms with Crippen LogP contribution in [0.5, 0.6) is 0 Å². The Labute approximate surface area is 140 Å². The summed E-state index contributed by atoms with van der Waals surface area (Å²) in [5.74, 6) is 0.195. The highest BCUT2D eigenvalue weighted by molar-refractivity contribution is 7.80. The average Bonchev–Trinajstić information content (AvgIpc) is 3.01. The Morgan fingerprint density at radius 3 is 2.57 bits per heavy atom. The van der Waals surface area contributed by atoms with E-state index in [2.05, 4.69) is 15.6 Å². The Kier molecular flexibility index (Phi) is 4.83. The minimum absolute atomic E-state index is 0.195. The van der Waals surface area contributed by atoms with Gasteiger partial charge in [-0.2, -0.15) is 0 Å². The van der Waals surface area contributed by atoms with Gasteiger partial charge in [0, 0.05) is 43.3 Å². The van der Waals surface area contributed by atoms with E-state index in [1.54, 1.807) is 12.4 Å². The molecule has 5 nitrogen and oxygen atoms in total. The van der Waals surface area contributed by atoms with Crippen LogP contribution in [-0.2, 0) is 11.3 Å². The normalized spacial score (nSPS) is 13.9. The number of anilines is 2. The molecule has 0 bridgehead atoms. The number of benzene rings is 1. The second-order valence-corrected chi connectivity index (χ2v) is 5.77. The van der Waals surface area contributed by atoms with Crippen LogP contribution in [0.4, 0.5) is 11.4 Å². The Balaban J connectivity index is 1.53. The zero-order valence-corrected chi connectivity index (χ0v) is 13.5. The first-order valence-corrected chi connectivity index (χ1v) is 7.97. The number of pyridine rings is 1. The zero-order chi connectivity index (χ0) is 16.1. The third-order valence-electron chi connectivity index (χ3n) is 3.71. The number of rotatable bonds is 4. The van der Waals surface area contributed by atoms with Gasteiger partial charge in [0.1, 0.15) is 0 Å². The van der Waals surface area contributed by atoms with Crippen LogP contribution in [0.2, 0.25) is 0 Å². The highest BCUT2D eigenvalue weighted by Crippen LogP contribution is 2.22. The molecule has 0 radical (unpaired) electrons. The van der Waals surface area contributed by atoms with Crippen molar-refractivity contribution < 1.29 is 4.79 Å². The van der Waals surface area contributed by atoms with Crippen LogP contribution >= 0.6 is 12.2 Å². The quantitative estimate of drug-likeness (QED) is 0.846. The lowest BCUT2D eigenvalue weighted by molar-refractivity contribution is -0.117. The molecular formula is C17H18N4OS. The van der Waals surface area contributed by atoms with E-state index in [0.717, 1.165) is 29.9 Å². The van der Waals surface area contributed by atoms with Crippen molar-refractivity contribution in [3.05, 3.63) is 54.4 Å². The van der Waals surface area contributed by atoms with Crippen LogP contribution in [0.25, 0.3) is 0 Å². The summed E-state index contributed by atoms with van der Waals surface area (Å²) in [4.78, 5) is 17.5. The molecule has 1 aliphatic heterocycles. The lowest BCUT2D eigenvalue weighted by Gasteiger charge is -2.16. The standard InChI is InChI=1S/C17H18N4OS/c22-16-2-1-11-21(16)15-5-3-14(4-6-15)20-17(23)19-12-13-7-9-18-10-8-13/h3-10H,1-2,11-12H2,(H2,19,20,23). The number of carbonyl (C=O) groups is 1. The number of aromatic nitrogens is 1. The van der Waals surface area contributed by atoms with Gasteiger partial charge in [-0.25, -0.2) is 0 Å². The number of amides is 1. The Morgan fingerprint density at radius 2 is 1.91 bits per heavy atom. The Hall–Kier alpha value is -2.47. The molecule has 0 aliphatic carbocycles. The predicted molar refractivity (Wildman–Crippen MR) is 95.3 cm³/mol. The molecule has 0 saturated carbocycles. The molecule has 1 amide bonds. The van der Waals surface area contributed by atoms with E-state index in [1.807, 2.05) is 41.3 Å². The maximum Gasteiger partial charge on any atom is 0.227 e. The topological polar surface area (TPSA) is 57.3 Å². The van der Waals surface area contributed by atoms with Crippen LogP contribution < -0.4 is 15.5 Å². The molecule has 0 atom stereocenters. The molecule has 23 heavy (non-hydrogen) atoms. The molecular weight excluding hydrogens is 308 g/mol. The van der Waals surface area contributed by atoms with Gasteiger partial charge in [-0.15, -0.1) is 0 Å². The number of hydrogen-bond donors (Lipinski definition) is 2. The summed E-state index contributed by atoms with van der Waals surface area (Å²) in [5, 5.41) is 6.86. The predicted octanol–water partition coefficient (Wildman–Crippen LogP) is 2.70. The maximum atomic E-state index is 11.7. The van der Waals surface area contributed by atoms with Gasteiger partial charge in [0.15, 0.2) is 5.11 Å². The van der Waals surface area contributed by atoms with Crippen LogP contribution in [-0.4, -0.2) is 22.5 Å². The monoisotopic (exact) mass is 326 g/mol. The van der Waals surface area contributed by atoms with Crippen LogP contribution in [0.15, 0.2) is 48.8 Å². The van der Waals surface area contributed by atoms with Crippen LogP contribution in [0.3, 0.4) is 0 Å². The number of thiocarbonyl (C=S) groups is 1. The molecule has 0 spiro atoms. The van der Waals surface area contributed by atoms with Gasteiger partial charge in [0.05, 0.1) is 0 Å².